The molecule has 0 aromatic carbocycles. The van der Waals surface area contributed by atoms with Crippen molar-refractivity contribution in [2.45, 2.75) is 33.2 Å². The van der Waals surface area contributed by atoms with E-state index < -0.39 is 0 Å². The van der Waals surface area contributed by atoms with Crippen molar-refractivity contribution < 1.29 is 0 Å². The second-order valence-electron chi connectivity index (χ2n) is 5.74. The van der Waals surface area contributed by atoms with Crippen molar-refractivity contribution in [2.24, 2.45) is 5.41 Å². The average molecular weight is 233 g/mol. The second kappa shape index (κ2) is 5.05. The van der Waals surface area contributed by atoms with E-state index >= 15 is 0 Å². The molecule has 94 valence electrons. The van der Waals surface area contributed by atoms with Gasteiger partial charge in [0.2, 0.25) is 0 Å². The Morgan fingerprint density at radius 1 is 1.29 bits per heavy atom. The van der Waals surface area contributed by atoms with Gasteiger partial charge in [0.15, 0.2) is 0 Å². The molecule has 0 amide bonds. The number of nitrogens with one attached hydrogen (secondary N) is 1. The molecule has 1 N–H and O–H groups in total. The molecule has 1 fully saturated rings. The van der Waals surface area contributed by atoms with Crippen LogP contribution in [0.1, 0.15) is 32.3 Å². The minimum Gasteiger partial charge on any atom is -0.373 e. The van der Waals surface area contributed by atoms with Gasteiger partial charge in [0.25, 0.3) is 0 Å². The molecule has 3 heteroatoms. The quantitative estimate of drug-likeness (QED) is 0.870. The van der Waals surface area contributed by atoms with E-state index in [0.717, 1.165) is 12.4 Å². The van der Waals surface area contributed by atoms with E-state index in [1.54, 1.807) is 0 Å². The lowest BCUT2D eigenvalue weighted by molar-refractivity contribution is 0.127. The molecular formula is C14H23N3. The van der Waals surface area contributed by atoms with Crippen molar-refractivity contribution in [3.8, 4) is 0 Å². The summed E-state index contributed by atoms with van der Waals surface area (Å²) in [5, 5.41) is 3.04. The van der Waals surface area contributed by atoms with Crippen LogP contribution in [0.15, 0.2) is 18.3 Å². The second-order valence-corrected chi connectivity index (χ2v) is 5.74. The third-order valence-corrected chi connectivity index (χ3v) is 3.70. The van der Waals surface area contributed by atoms with E-state index in [1.165, 1.54) is 31.5 Å². The first-order valence-corrected chi connectivity index (χ1v) is 6.44. The number of pyridine rings is 1. The summed E-state index contributed by atoms with van der Waals surface area (Å²) in [6, 6.07) is 4.21. The van der Waals surface area contributed by atoms with Gasteiger partial charge in [-0.05, 0) is 43.0 Å². The third-order valence-electron chi connectivity index (χ3n) is 3.70. The molecule has 0 atom stereocenters. The molecule has 3 nitrogen and oxygen atoms in total. The van der Waals surface area contributed by atoms with Gasteiger partial charge in [-0.3, -0.25) is 4.90 Å². The molecular weight excluding hydrogens is 210 g/mol. The van der Waals surface area contributed by atoms with Crippen LogP contribution < -0.4 is 5.32 Å². The summed E-state index contributed by atoms with van der Waals surface area (Å²) < 4.78 is 0. The van der Waals surface area contributed by atoms with Gasteiger partial charge in [0, 0.05) is 19.8 Å². The van der Waals surface area contributed by atoms with Gasteiger partial charge in [-0.15, -0.1) is 0 Å². The van der Waals surface area contributed by atoms with Crippen LogP contribution in [0.25, 0.3) is 0 Å². The number of nitrogens with zero attached hydrogens (tertiary/aromatic N) is 2. The van der Waals surface area contributed by atoms with Crippen LogP contribution >= 0.6 is 0 Å². The minimum absolute atomic E-state index is 0.532. The fourth-order valence-electron chi connectivity index (χ4n) is 2.24. The van der Waals surface area contributed by atoms with Crippen molar-refractivity contribution in [1.82, 2.24) is 9.88 Å². The van der Waals surface area contributed by atoms with Crippen LogP contribution in [0.4, 0.5) is 5.82 Å². The fourth-order valence-corrected chi connectivity index (χ4v) is 2.24. The summed E-state index contributed by atoms with van der Waals surface area (Å²) in [4.78, 5) is 6.88. The minimum atomic E-state index is 0.532. The number of hydrogen-bond acceptors (Lipinski definition) is 3. The lowest BCUT2D eigenvalue weighted by atomic mass is 9.82. The topological polar surface area (TPSA) is 28.2 Å². The predicted molar refractivity (Wildman–Crippen MR) is 72.1 cm³/mol. The Morgan fingerprint density at radius 3 is 2.53 bits per heavy atom. The van der Waals surface area contributed by atoms with Crippen LogP contribution in [0.5, 0.6) is 0 Å². The van der Waals surface area contributed by atoms with Gasteiger partial charge < -0.3 is 5.32 Å². The number of likely N-dealkylation sites (tertiary alicyclic amines) is 1. The maximum Gasteiger partial charge on any atom is 0.125 e. The van der Waals surface area contributed by atoms with Crippen molar-refractivity contribution in [2.75, 3.05) is 25.5 Å². The molecule has 1 aliphatic rings. The number of rotatable bonds is 3. The van der Waals surface area contributed by atoms with E-state index in [0.29, 0.717) is 5.41 Å². The monoisotopic (exact) mass is 233 g/mol. The summed E-state index contributed by atoms with van der Waals surface area (Å²) in [5.41, 5.74) is 1.84. The predicted octanol–water partition coefficient (Wildman–Crippen LogP) is 2.75. The Labute approximate surface area is 104 Å². The standard InChI is InChI=1S/C14H23N3/c1-14(2)6-8-17(9-7-14)11-12-4-5-13(15-3)16-10-12/h4-5,10H,6-9,11H2,1-3H3,(H,15,16). The Kier molecular flexibility index (Phi) is 3.67. The zero-order valence-electron chi connectivity index (χ0n) is 11.2. The Balaban J connectivity index is 1.89. The van der Waals surface area contributed by atoms with Gasteiger partial charge in [0.05, 0.1) is 0 Å². The molecule has 1 saturated heterocycles. The summed E-state index contributed by atoms with van der Waals surface area (Å²) in [6.45, 7) is 8.19. The Bertz CT molecular complexity index is 346. The average Bonchev–Trinajstić information content (AvgIpc) is 2.33. The maximum atomic E-state index is 4.35. The highest BCUT2D eigenvalue weighted by atomic mass is 15.1. The molecule has 0 unspecified atom stereocenters. The lowest BCUT2D eigenvalue weighted by Crippen LogP contribution is -2.36. The van der Waals surface area contributed by atoms with Crippen molar-refractivity contribution in [1.29, 1.82) is 0 Å². The van der Waals surface area contributed by atoms with Gasteiger partial charge in [-0.1, -0.05) is 19.9 Å². The first kappa shape index (κ1) is 12.4. The van der Waals surface area contributed by atoms with E-state index in [1.807, 2.05) is 19.3 Å². The smallest absolute Gasteiger partial charge is 0.125 e. The molecule has 0 radical (unpaired) electrons. The zero-order valence-corrected chi connectivity index (χ0v) is 11.2. The van der Waals surface area contributed by atoms with Gasteiger partial charge in [0.1, 0.15) is 5.82 Å². The lowest BCUT2D eigenvalue weighted by Gasteiger charge is -2.36. The number of aromatic nitrogens is 1. The summed E-state index contributed by atoms with van der Waals surface area (Å²) in [6.07, 6.45) is 4.58. The molecule has 2 rings (SSSR count). The third kappa shape index (κ3) is 3.43. The summed E-state index contributed by atoms with van der Waals surface area (Å²) in [5.74, 6) is 0.938. The first-order chi connectivity index (χ1) is 8.09. The van der Waals surface area contributed by atoms with Gasteiger partial charge in [-0.2, -0.15) is 0 Å². The Morgan fingerprint density at radius 2 is 2.00 bits per heavy atom. The molecule has 1 aromatic rings. The van der Waals surface area contributed by atoms with Crippen LogP contribution in [0, 0.1) is 5.41 Å². The zero-order chi connectivity index (χ0) is 12.3. The van der Waals surface area contributed by atoms with Gasteiger partial charge >= 0.3 is 0 Å². The Hall–Kier alpha value is -1.09. The molecule has 17 heavy (non-hydrogen) atoms. The summed E-state index contributed by atoms with van der Waals surface area (Å²) in [7, 11) is 1.90. The van der Waals surface area contributed by atoms with Gasteiger partial charge in [-0.25, -0.2) is 4.98 Å². The SMILES string of the molecule is CNc1ccc(CN2CCC(C)(C)CC2)cn1. The van der Waals surface area contributed by atoms with Crippen molar-refractivity contribution >= 4 is 5.82 Å². The molecule has 0 aliphatic carbocycles. The number of anilines is 1. The molecule has 0 bridgehead atoms. The highest BCUT2D eigenvalue weighted by molar-refractivity contribution is 5.34. The molecule has 1 aliphatic heterocycles. The molecule has 2 heterocycles. The fraction of sp³-hybridized carbons (Fsp3) is 0.643. The highest BCUT2D eigenvalue weighted by Gasteiger charge is 2.25. The van der Waals surface area contributed by atoms with Crippen LogP contribution in [-0.4, -0.2) is 30.0 Å². The largest absolute Gasteiger partial charge is 0.373 e. The molecule has 0 spiro atoms. The van der Waals surface area contributed by atoms with Crippen LogP contribution in [0.2, 0.25) is 0 Å². The highest BCUT2D eigenvalue weighted by Crippen LogP contribution is 2.30. The molecule has 0 saturated carbocycles. The van der Waals surface area contributed by atoms with E-state index in [2.05, 4.69) is 35.1 Å². The normalized spacial score (nSPS) is 20.2. The van der Waals surface area contributed by atoms with E-state index in [9.17, 15) is 0 Å². The molecule has 1 aromatic heterocycles. The number of piperidine rings is 1. The maximum absolute atomic E-state index is 4.35. The van der Waals surface area contributed by atoms with E-state index in [-0.39, 0.29) is 0 Å². The first-order valence-electron chi connectivity index (χ1n) is 6.44. The van der Waals surface area contributed by atoms with E-state index in [4.69, 9.17) is 0 Å². The van der Waals surface area contributed by atoms with Crippen LogP contribution in [0.3, 0.4) is 0 Å². The van der Waals surface area contributed by atoms with Crippen molar-refractivity contribution in [3.63, 3.8) is 0 Å². The van der Waals surface area contributed by atoms with Crippen molar-refractivity contribution in [3.05, 3.63) is 23.9 Å². The van der Waals surface area contributed by atoms with Crippen LogP contribution in [-0.2, 0) is 6.54 Å². The summed E-state index contributed by atoms with van der Waals surface area (Å²) >= 11 is 0. The number of hydrogen-bond donors (Lipinski definition) is 1.